The predicted molar refractivity (Wildman–Crippen MR) is 11.8 cm³/mol. The van der Waals surface area contributed by atoms with Crippen molar-refractivity contribution in [2.45, 2.75) is 0 Å². The Morgan fingerprint density at radius 2 is 1.29 bits per heavy atom. The predicted octanol–water partition coefficient (Wildman–Crippen LogP) is -2.95. The molecule has 0 aromatic carbocycles. The van der Waals surface area contributed by atoms with Gasteiger partial charge in [-0.05, 0) is 6.16 Å². The van der Waals surface area contributed by atoms with Crippen LogP contribution >= 0.6 is 0 Å². The number of hydrogen-bond donors (Lipinski definition) is 0. The van der Waals surface area contributed by atoms with Crippen LogP contribution in [0.25, 0.3) is 0 Å². The van der Waals surface area contributed by atoms with E-state index >= 15 is 0 Å². The molecule has 4 nitrogen and oxygen atoms in total. The molecule has 0 aliphatic carbocycles. The number of rotatable bonds is 0. The molecule has 0 aromatic rings. The summed E-state index contributed by atoms with van der Waals surface area (Å²) in [5, 5.41) is 16.7. The Morgan fingerprint density at radius 3 is 1.29 bits per heavy atom. The van der Waals surface area contributed by atoms with Gasteiger partial charge in [0, 0.05) is 0 Å². The van der Waals surface area contributed by atoms with Crippen LogP contribution < -0.4 is 10.2 Å². The van der Waals surface area contributed by atoms with Gasteiger partial charge in [0.05, 0.1) is 0 Å². The minimum Gasteiger partial charge on any atom is 2.00 e. The molecule has 0 N–H and O–H groups in total. The Labute approximate surface area is 77.1 Å². The second-order valence-electron chi connectivity index (χ2n) is 0.250. The second-order valence-corrected chi connectivity index (χ2v) is 0.250. The zero-order chi connectivity index (χ0) is 5.58. The average Bonchev–Trinajstić information content (AvgIpc) is 1.41. The zero-order valence-electron chi connectivity index (χ0n) is 3.55. The molecule has 7 heavy (non-hydrogen) atoms. The first-order chi connectivity index (χ1) is 2.73. The Hall–Kier alpha value is 0.953. The van der Waals surface area contributed by atoms with Crippen molar-refractivity contribution in [2.75, 3.05) is 0 Å². The number of carbonyl (C=O) groups excluding carboxylic acids is 1. The van der Waals surface area contributed by atoms with Gasteiger partial charge in [0.15, 0.2) is 0 Å². The maximum absolute atomic E-state index is 8.38. The quantitative estimate of drug-likeness (QED) is 0.374. The van der Waals surface area contributed by atoms with Crippen LogP contribution in [0.1, 0.15) is 0 Å². The molecule has 32 valence electrons. The summed E-state index contributed by atoms with van der Waals surface area (Å²) in [5.74, 6) is 0. The van der Waals surface area contributed by atoms with Crippen LogP contribution in [0.5, 0.6) is 0 Å². The monoisotopic (exact) mass is 180 g/mol. The molecular formula is CCaO4Zn. The fourth-order valence-corrected chi connectivity index (χ4v) is 0. The minimum atomic E-state index is -2.33. The topological polar surface area (TPSA) is 80.3 Å². The molecule has 0 saturated heterocycles. The van der Waals surface area contributed by atoms with Crippen molar-refractivity contribution in [1.82, 2.24) is 0 Å². The summed E-state index contributed by atoms with van der Waals surface area (Å²) in [7, 11) is 0. The summed E-state index contributed by atoms with van der Waals surface area (Å²) in [6.45, 7) is 0. The summed E-state index contributed by atoms with van der Waals surface area (Å²) >= 11 is 0.125. The summed E-state index contributed by atoms with van der Waals surface area (Å²) < 4.78 is 8.38. The Kier molecular flexibility index (Phi) is 35.3. The summed E-state index contributed by atoms with van der Waals surface area (Å²) in [5.41, 5.74) is 0. The number of carbonyl (C=O) groups is 1. The van der Waals surface area contributed by atoms with Crippen molar-refractivity contribution in [3.63, 3.8) is 0 Å². The molecule has 0 unspecified atom stereocenters. The van der Waals surface area contributed by atoms with Gasteiger partial charge in [0.25, 0.3) is 0 Å². The molecule has 0 atom stereocenters. The van der Waals surface area contributed by atoms with Crippen molar-refractivity contribution < 1.29 is 35.9 Å². The van der Waals surface area contributed by atoms with Crippen LogP contribution in [0.4, 0.5) is 4.79 Å². The van der Waals surface area contributed by atoms with Gasteiger partial charge < -0.3 is 15.0 Å². The maximum Gasteiger partial charge on any atom is 2.00 e. The summed E-state index contributed by atoms with van der Waals surface area (Å²) in [6, 6.07) is 0. The molecule has 0 bridgehead atoms. The number of carboxylic acid groups (broad SMARTS) is 2. The van der Waals surface area contributed by atoms with Gasteiger partial charge in [0.1, 0.15) is 0 Å². The van der Waals surface area contributed by atoms with E-state index in [0.29, 0.717) is 0 Å². The van der Waals surface area contributed by atoms with Gasteiger partial charge in [-0.2, -0.15) is 0 Å². The van der Waals surface area contributed by atoms with Crippen LogP contribution in [-0.4, -0.2) is 42.0 Å². The molecule has 0 spiro atoms. The fraction of sp³-hybridized carbons (Fsp3) is 0. The molecule has 0 aromatic heterocycles. The van der Waals surface area contributed by atoms with Crippen molar-refractivity contribution in [3.8, 4) is 0 Å². The third kappa shape index (κ3) is 188. The molecule has 0 rings (SSSR count). The molecule has 0 aliphatic heterocycles. The van der Waals surface area contributed by atoms with E-state index in [9.17, 15) is 0 Å². The van der Waals surface area contributed by atoms with Gasteiger partial charge in [-0.3, -0.25) is 0 Å². The van der Waals surface area contributed by atoms with Gasteiger partial charge in [0.2, 0.25) is 0 Å². The molecule has 0 amide bonds. The third-order valence-corrected chi connectivity index (χ3v) is 0. The summed E-state index contributed by atoms with van der Waals surface area (Å²) in [4.78, 5) is 8.33. The number of hydrogen-bond acceptors (Lipinski definition) is 4. The minimum absolute atomic E-state index is 0. The van der Waals surface area contributed by atoms with Crippen molar-refractivity contribution in [1.29, 1.82) is 0 Å². The molecule has 0 aliphatic rings. The van der Waals surface area contributed by atoms with Gasteiger partial charge in [-0.25, -0.2) is 0 Å². The fourth-order valence-electron chi connectivity index (χ4n) is 0. The van der Waals surface area contributed by atoms with E-state index in [1.165, 1.54) is 0 Å². The largest absolute Gasteiger partial charge is 2.00 e. The van der Waals surface area contributed by atoms with E-state index in [2.05, 4.69) is 0 Å². The normalized spacial score (nSPS) is 4.29. The average molecular weight is 181 g/mol. The van der Waals surface area contributed by atoms with Crippen molar-refractivity contribution in [3.05, 3.63) is 0 Å². The summed E-state index contributed by atoms with van der Waals surface area (Å²) in [6.07, 6.45) is -2.33. The van der Waals surface area contributed by atoms with E-state index in [4.69, 9.17) is 16.4 Å². The zero-order valence-corrected chi connectivity index (χ0v) is 8.72. The molecule has 0 saturated carbocycles. The molecule has 0 fully saturated rings. The van der Waals surface area contributed by atoms with Crippen LogP contribution in [0.15, 0.2) is 0 Å². The second kappa shape index (κ2) is 15.8. The van der Waals surface area contributed by atoms with Crippen LogP contribution in [0.3, 0.4) is 0 Å². The van der Waals surface area contributed by atoms with E-state index in [1.54, 1.807) is 0 Å². The van der Waals surface area contributed by atoms with E-state index in [0.717, 1.165) is 0 Å². The van der Waals surface area contributed by atoms with Gasteiger partial charge >= 0.3 is 56.8 Å². The first kappa shape index (κ1) is 15.7. The standard InChI is InChI=1S/CH2O3.Ca.O.Zn/c2-1(3)4;;;/h(H2,2,3,4);;;/q;;;+2/p-2. The smallest absolute Gasteiger partial charge is 2.00 e. The van der Waals surface area contributed by atoms with E-state index < -0.39 is 6.16 Å². The Bertz CT molecular complexity index is 43.0. The maximum atomic E-state index is 8.38. The Morgan fingerprint density at radius 1 is 1.29 bits per heavy atom. The van der Waals surface area contributed by atoms with Gasteiger partial charge in [-0.15, -0.1) is 0 Å². The van der Waals surface area contributed by atoms with E-state index in [1.807, 2.05) is 0 Å². The SMILES string of the molecule is O=C([O-])[O-].[O]=[Ca].[Zn+2]. The Balaban J connectivity index is -0.0000000480. The van der Waals surface area contributed by atoms with Crippen LogP contribution in [-0.2, 0) is 20.9 Å². The molecular weight excluding hydrogens is 181 g/mol. The first-order valence-electron chi connectivity index (χ1n) is 0.901. The first-order valence-corrected chi connectivity index (χ1v) is 1.80. The molecule has 0 heterocycles. The van der Waals surface area contributed by atoms with Gasteiger partial charge in [-0.1, -0.05) is 0 Å². The van der Waals surface area contributed by atoms with Crippen LogP contribution in [0, 0.1) is 0 Å². The third-order valence-electron chi connectivity index (χ3n) is 0. The van der Waals surface area contributed by atoms with E-state index in [-0.39, 0.29) is 55.4 Å². The van der Waals surface area contributed by atoms with Crippen LogP contribution in [0.2, 0.25) is 0 Å². The molecule has 6 heteroatoms. The van der Waals surface area contributed by atoms with Crippen molar-refractivity contribution >= 4 is 42.0 Å². The molecule has 0 radical (unpaired) electrons. The van der Waals surface area contributed by atoms with Crippen molar-refractivity contribution in [2.24, 2.45) is 0 Å².